The van der Waals surface area contributed by atoms with Crippen molar-refractivity contribution in [3.8, 4) is 11.8 Å². The van der Waals surface area contributed by atoms with Gasteiger partial charge in [-0.2, -0.15) is 0 Å². The Morgan fingerprint density at radius 3 is 2.82 bits per heavy atom. The first kappa shape index (κ1) is 13.7. The first-order valence-electron chi connectivity index (χ1n) is 5.76. The van der Waals surface area contributed by atoms with E-state index in [-0.39, 0.29) is 18.5 Å². The molecule has 1 rings (SSSR count). The average molecular weight is 235 g/mol. The molecule has 92 valence electrons. The molecule has 0 aliphatic carbocycles. The van der Waals surface area contributed by atoms with Gasteiger partial charge in [0, 0.05) is 11.1 Å². The fourth-order valence-electron chi connectivity index (χ4n) is 1.25. The minimum absolute atomic E-state index is 0.145. The summed E-state index contributed by atoms with van der Waals surface area (Å²) in [5.74, 6) is 5.20. The first-order valence-corrected chi connectivity index (χ1v) is 5.76. The van der Waals surface area contributed by atoms with E-state index in [9.17, 15) is 4.39 Å². The van der Waals surface area contributed by atoms with Gasteiger partial charge in [-0.3, -0.25) is 0 Å². The molecule has 0 bridgehead atoms. The van der Waals surface area contributed by atoms with Crippen molar-refractivity contribution < 1.29 is 9.13 Å². The van der Waals surface area contributed by atoms with E-state index in [0.717, 1.165) is 6.42 Å². The topological polar surface area (TPSA) is 35.2 Å². The van der Waals surface area contributed by atoms with Gasteiger partial charge in [0.2, 0.25) is 0 Å². The number of hydrogen-bond acceptors (Lipinski definition) is 2. The Morgan fingerprint density at radius 2 is 2.24 bits per heavy atom. The molecule has 2 nitrogen and oxygen atoms in total. The third-order valence-corrected chi connectivity index (χ3v) is 2.49. The molecule has 1 aromatic carbocycles. The molecule has 3 heteroatoms. The summed E-state index contributed by atoms with van der Waals surface area (Å²) in [7, 11) is 0. The Hall–Kier alpha value is -1.37. The van der Waals surface area contributed by atoms with E-state index in [4.69, 9.17) is 10.5 Å². The molecule has 1 unspecified atom stereocenters. The van der Waals surface area contributed by atoms with Crippen LogP contribution < -0.4 is 5.73 Å². The van der Waals surface area contributed by atoms with Crippen LogP contribution >= 0.6 is 0 Å². The number of halogens is 1. The van der Waals surface area contributed by atoms with Gasteiger partial charge >= 0.3 is 0 Å². The summed E-state index contributed by atoms with van der Waals surface area (Å²) in [4.78, 5) is 0. The molecule has 0 saturated carbocycles. The van der Waals surface area contributed by atoms with Crippen LogP contribution in [0.2, 0.25) is 0 Å². The van der Waals surface area contributed by atoms with E-state index in [1.165, 1.54) is 6.07 Å². The molecule has 17 heavy (non-hydrogen) atoms. The van der Waals surface area contributed by atoms with E-state index < -0.39 is 0 Å². The fourth-order valence-corrected chi connectivity index (χ4v) is 1.25. The lowest BCUT2D eigenvalue weighted by molar-refractivity contribution is 0.0492. The highest BCUT2D eigenvalue weighted by Crippen LogP contribution is 2.12. The van der Waals surface area contributed by atoms with Crippen LogP contribution in [0.5, 0.6) is 0 Å². The van der Waals surface area contributed by atoms with Gasteiger partial charge in [-0.25, -0.2) is 4.39 Å². The van der Waals surface area contributed by atoms with Gasteiger partial charge in [0.15, 0.2) is 0 Å². The smallest absolute Gasteiger partial charge is 0.129 e. The van der Waals surface area contributed by atoms with Crippen molar-refractivity contribution in [2.24, 2.45) is 5.73 Å². The summed E-state index contributed by atoms with van der Waals surface area (Å²) in [5.41, 5.74) is 6.45. The summed E-state index contributed by atoms with van der Waals surface area (Å²) < 4.78 is 19.1. The predicted molar refractivity (Wildman–Crippen MR) is 66.9 cm³/mol. The summed E-state index contributed by atoms with van der Waals surface area (Å²) in [6, 6.07) is 4.90. The van der Waals surface area contributed by atoms with Crippen molar-refractivity contribution in [1.29, 1.82) is 0 Å². The lowest BCUT2D eigenvalue weighted by atomic mass is 10.1. The Morgan fingerprint density at radius 1 is 1.47 bits per heavy atom. The van der Waals surface area contributed by atoms with E-state index in [2.05, 4.69) is 11.8 Å². The van der Waals surface area contributed by atoms with E-state index in [1.54, 1.807) is 12.1 Å². The minimum Gasteiger partial charge on any atom is -0.374 e. The lowest BCUT2D eigenvalue weighted by Crippen LogP contribution is -2.07. The molecule has 1 atom stereocenters. The van der Waals surface area contributed by atoms with E-state index in [1.807, 2.05) is 13.8 Å². The zero-order valence-corrected chi connectivity index (χ0v) is 10.3. The number of ether oxygens (including phenoxy) is 1. The zero-order chi connectivity index (χ0) is 12.7. The van der Waals surface area contributed by atoms with Crippen LogP contribution in [-0.4, -0.2) is 12.6 Å². The third-order valence-electron chi connectivity index (χ3n) is 2.49. The standard InChI is InChI=1S/C14H18FNO/c1-3-11(2)17-10-13-7-6-12(5-4-8-16)9-14(13)15/h6-7,9,11H,3,8,10,16H2,1-2H3. The Labute approximate surface area is 102 Å². The van der Waals surface area contributed by atoms with E-state index in [0.29, 0.717) is 17.7 Å². The fraction of sp³-hybridized carbons (Fsp3) is 0.429. The highest BCUT2D eigenvalue weighted by molar-refractivity contribution is 5.37. The maximum absolute atomic E-state index is 13.7. The normalized spacial score (nSPS) is 11.8. The number of benzene rings is 1. The molecule has 0 aliphatic rings. The molecule has 0 aromatic heterocycles. The maximum atomic E-state index is 13.7. The van der Waals surface area contributed by atoms with Gasteiger partial charge in [-0.15, -0.1) is 0 Å². The second-order valence-electron chi connectivity index (χ2n) is 3.84. The molecule has 2 N–H and O–H groups in total. The molecule has 0 heterocycles. The minimum atomic E-state index is -0.280. The monoisotopic (exact) mass is 235 g/mol. The second kappa shape index (κ2) is 7.05. The largest absolute Gasteiger partial charge is 0.374 e. The molecule has 0 aliphatic heterocycles. The van der Waals surface area contributed by atoms with Crippen molar-refractivity contribution in [3.63, 3.8) is 0 Å². The summed E-state index contributed by atoms with van der Waals surface area (Å²) in [5, 5.41) is 0. The molecule has 0 saturated heterocycles. The summed E-state index contributed by atoms with van der Waals surface area (Å²) >= 11 is 0. The quantitative estimate of drug-likeness (QED) is 0.814. The van der Waals surface area contributed by atoms with Crippen molar-refractivity contribution in [1.82, 2.24) is 0 Å². The van der Waals surface area contributed by atoms with Crippen molar-refractivity contribution in [2.45, 2.75) is 33.0 Å². The molecule has 1 aromatic rings. The molecular formula is C14H18FNO. The van der Waals surface area contributed by atoms with Gasteiger partial charge in [0.25, 0.3) is 0 Å². The van der Waals surface area contributed by atoms with Gasteiger partial charge in [0.05, 0.1) is 19.3 Å². The molecule has 0 amide bonds. The number of rotatable bonds is 4. The van der Waals surface area contributed by atoms with Crippen molar-refractivity contribution >= 4 is 0 Å². The van der Waals surface area contributed by atoms with Crippen LogP contribution in [0, 0.1) is 17.7 Å². The Bertz CT molecular complexity index is 420. The molecule has 0 radical (unpaired) electrons. The van der Waals surface area contributed by atoms with Gasteiger partial charge in [-0.1, -0.05) is 24.8 Å². The van der Waals surface area contributed by atoms with Crippen molar-refractivity contribution in [2.75, 3.05) is 6.54 Å². The SMILES string of the molecule is CCC(C)OCc1ccc(C#CCN)cc1F. The lowest BCUT2D eigenvalue weighted by Gasteiger charge is -2.11. The first-order chi connectivity index (χ1) is 8.17. The highest BCUT2D eigenvalue weighted by Gasteiger charge is 2.05. The number of nitrogens with two attached hydrogens (primary N) is 1. The van der Waals surface area contributed by atoms with Gasteiger partial charge in [-0.05, 0) is 25.5 Å². The molecular weight excluding hydrogens is 217 g/mol. The van der Waals surface area contributed by atoms with Crippen molar-refractivity contribution in [3.05, 3.63) is 35.1 Å². The average Bonchev–Trinajstić information content (AvgIpc) is 2.34. The predicted octanol–water partition coefficient (Wildman–Crippen LogP) is 2.45. The zero-order valence-electron chi connectivity index (χ0n) is 10.3. The maximum Gasteiger partial charge on any atom is 0.129 e. The highest BCUT2D eigenvalue weighted by atomic mass is 19.1. The van der Waals surface area contributed by atoms with Gasteiger partial charge < -0.3 is 10.5 Å². The second-order valence-corrected chi connectivity index (χ2v) is 3.84. The third kappa shape index (κ3) is 4.56. The molecule has 0 fully saturated rings. The summed E-state index contributed by atoms with van der Waals surface area (Å²) in [6.07, 6.45) is 1.06. The van der Waals surface area contributed by atoms with Crippen LogP contribution in [0.25, 0.3) is 0 Å². The van der Waals surface area contributed by atoms with E-state index >= 15 is 0 Å². The van der Waals surface area contributed by atoms with Crippen LogP contribution in [0.15, 0.2) is 18.2 Å². The van der Waals surface area contributed by atoms with Gasteiger partial charge in [0.1, 0.15) is 5.82 Å². The molecule has 0 spiro atoms. The number of hydrogen-bond donors (Lipinski definition) is 1. The summed E-state index contributed by atoms with van der Waals surface area (Å²) in [6.45, 7) is 4.58. The van der Waals surface area contributed by atoms with Crippen LogP contribution in [0.4, 0.5) is 4.39 Å². The Kier molecular flexibility index (Phi) is 5.68. The van der Waals surface area contributed by atoms with Crippen LogP contribution in [0.1, 0.15) is 31.4 Å². The Balaban J connectivity index is 2.69. The van der Waals surface area contributed by atoms with Crippen LogP contribution in [-0.2, 0) is 11.3 Å². The van der Waals surface area contributed by atoms with Crippen LogP contribution in [0.3, 0.4) is 0 Å².